The van der Waals surface area contributed by atoms with E-state index in [1.54, 1.807) is 11.6 Å². The van der Waals surface area contributed by atoms with Crippen LogP contribution in [0.15, 0.2) is 53.7 Å². The van der Waals surface area contributed by atoms with Crippen molar-refractivity contribution < 1.29 is 17.5 Å². The summed E-state index contributed by atoms with van der Waals surface area (Å²) in [5.74, 6) is 0.140. The van der Waals surface area contributed by atoms with Crippen molar-refractivity contribution in [2.45, 2.75) is 30.8 Å². The number of aromatic nitrogens is 4. The number of piperidine rings is 1. The fourth-order valence-corrected chi connectivity index (χ4v) is 5.04. The van der Waals surface area contributed by atoms with Gasteiger partial charge in [-0.3, -0.25) is 0 Å². The third-order valence-electron chi connectivity index (χ3n) is 4.92. The molecule has 1 aliphatic heterocycles. The fraction of sp³-hybridized carbons (Fsp3) is 0.316. The number of benzene rings is 2. The van der Waals surface area contributed by atoms with E-state index < -0.39 is 15.8 Å². The van der Waals surface area contributed by atoms with Gasteiger partial charge in [-0.05, 0) is 72.2 Å². The highest BCUT2D eigenvalue weighted by Crippen LogP contribution is 2.26. The number of hydrogen-bond acceptors (Lipinski definition) is 6. The van der Waals surface area contributed by atoms with Crippen LogP contribution in [0.2, 0.25) is 0 Å². The van der Waals surface area contributed by atoms with Crippen molar-refractivity contribution in [2.75, 3.05) is 13.1 Å². The number of ether oxygens (including phenoxy) is 1. The van der Waals surface area contributed by atoms with Gasteiger partial charge in [0.05, 0.1) is 10.6 Å². The maximum absolute atomic E-state index is 13.6. The van der Waals surface area contributed by atoms with Gasteiger partial charge in [-0.25, -0.2) is 17.5 Å². The van der Waals surface area contributed by atoms with E-state index in [9.17, 15) is 12.8 Å². The Balaban J connectivity index is 1.38. The standard InChI is InChI=1S/C19H20FN5O3S/c1-14-2-3-15(20)12-19(14)29(26,27)24-10-8-18(9-11-24)28-17-6-4-16(5-7-17)25-13-21-22-23-25/h2-7,12-13,18H,8-11H2,1H3. The van der Waals surface area contributed by atoms with Crippen LogP contribution in [-0.2, 0) is 10.0 Å². The van der Waals surface area contributed by atoms with Gasteiger partial charge in [0.1, 0.15) is 24.0 Å². The predicted molar refractivity (Wildman–Crippen MR) is 103 cm³/mol. The molecule has 0 saturated carbocycles. The molecule has 152 valence electrons. The Morgan fingerprint density at radius 1 is 1.10 bits per heavy atom. The number of rotatable bonds is 5. The topological polar surface area (TPSA) is 90.2 Å². The van der Waals surface area contributed by atoms with Gasteiger partial charge in [0, 0.05) is 13.1 Å². The first-order chi connectivity index (χ1) is 13.9. The van der Waals surface area contributed by atoms with E-state index >= 15 is 0 Å². The first kappa shape index (κ1) is 19.5. The van der Waals surface area contributed by atoms with E-state index in [-0.39, 0.29) is 11.0 Å². The molecular formula is C19H20FN5O3S. The predicted octanol–water partition coefficient (Wildman–Crippen LogP) is 2.34. The molecule has 1 saturated heterocycles. The third kappa shape index (κ3) is 4.13. The lowest BCUT2D eigenvalue weighted by molar-refractivity contribution is 0.135. The molecule has 0 radical (unpaired) electrons. The highest BCUT2D eigenvalue weighted by molar-refractivity contribution is 7.89. The average molecular weight is 417 g/mol. The molecule has 3 aromatic rings. The molecule has 0 spiro atoms. The molecule has 1 aliphatic rings. The molecule has 0 amide bonds. The van der Waals surface area contributed by atoms with Crippen LogP contribution in [0.3, 0.4) is 0 Å². The molecule has 0 aliphatic carbocycles. The maximum atomic E-state index is 13.6. The molecule has 0 unspecified atom stereocenters. The number of hydrogen-bond donors (Lipinski definition) is 0. The summed E-state index contributed by atoms with van der Waals surface area (Å²) in [6.45, 7) is 2.32. The van der Waals surface area contributed by atoms with E-state index in [0.717, 1.165) is 11.8 Å². The molecule has 0 N–H and O–H groups in total. The van der Waals surface area contributed by atoms with E-state index in [1.165, 1.54) is 22.8 Å². The zero-order valence-corrected chi connectivity index (χ0v) is 16.6. The second-order valence-corrected chi connectivity index (χ2v) is 8.79. The summed E-state index contributed by atoms with van der Waals surface area (Å²) in [7, 11) is -3.73. The molecule has 2 heterocycles. The van der Waals surface area contributed by atoms with Crippen LogP contribution in [-0.4, -0.2) is 52.1 Å². The summed E-state index contributed by atoms with van der Waals surface area (Å²) in [5, 5.41) is 11.0. The maximum Gasteiger partial charge on any atom is 0.243 e. The Bertz CT molecular complexity index is 1080. The quantitative estimate of drug-likeness (QED) is 0.633. The van der Waals surface area contributed by atoms with Crippen molar-refractivity contribution in [3.63, 3.8) is 0 Å². The largest absolute Gasteiger partial charge is 0.490 e. The second-order valence-electron chi connectivity index (χ2n) is 6.88. The van der Waals surface area contributed by atoms with Gasteiger partial charge in [0.2, 0.25) is 10.0 Å². The SMILES string of the molecule is Cc1ccc(F)cc1S(=O)(=O)N1CCC(Oc2ccc(-n3cnnn3)cc2)CC1. The summed E-state index contributed by atoms with van der Waals surface area (Å²) >= 11 is 0. The molecule has 0 bridgehead atoms. The monoisotopic (exact) mass is 417 g/mol. The van der Waals surface area contributed by atoms with Gasteiger partial charge in [-0.2, -0.15) is 4.31 Å². The lowest BCUT2D eigenvalue weighted by atomic mass is 10.1. The van der Waals surface area contributed by atoms with Gasteiger partial charge < -0.3 is 4.74 Å². The Labute approximate surface area is 168 Å². The van der Waals surface area contributed by atoms with Crippen molar-refractivity contribution in [3.05, 3.63) is 60.2 Å². The smallest absolute Gasteiger partial charge is 0.243 e. The van der Waals surface area contributed by atoms with Crippen LogP contribution in [0, 0.1) is 12.7 Å². The third-order valence-corrected chi connectivity index (χ3v) is 6.96. The van der Waals surface area contributed by atoms with Crippen molar-refractivity contribution in [2.24, 2.45) is 0 Å². The molecule has 1 aromatic heterocycles. The number of tetrazole rings is 1. The average Bonchev–Trinajstić information content (AvgIpc) is 3.26. The minimum Gasteiger partial charge on any atom is -0.490 e. The first-order valence-corrected chi connectivity index (χ1v) is 10.6. The van der Waals surface area contributed by atoms with Crippen LogP contribution in [0.25, 0.3) is 5.69 Å². The van der Waals surface area contributed by atoms with Crippen molar-refractivity contribution >= 4 is 10.0 Å². The lowest BCUT2D eigenvalue weighted by Crippen LogP contribution is -2.41. The van der Waals surface area contributed by atoms with E-state index in [4.69, 9.17) is 4.74 Å². The van der Waals surface area contributed by atoms with Crippen LogP contribution >= 0.6 is 0 Å². The Kier molecular flexibility index (Phi) is 5.29. The highest BCUT2D eigenvalue weighted by Gasteiger charge is 2.31. The summed E-state index contributed by atoms with van der Waals surface area (Å²) in [6.07, 6.45) is 2.53. The Morgan fingerprint density at radius 2 is 1.83 bits per heavy atom. The molecule has 10 heteroatoms. The van der Waals surface area contributed by atoms with Crippen molar-refractivity contribution in [1.29, 1.82) is 0 Å². The zero-order valence-electron chi connectivity index (χ0n) is 15.8. The van der Waals surface area contributed by atoms with Gasteiger partial charge in [0.15, 0.2) is 0 Å². The van der Waals surface area contributed by atoms with Crippen molar-refractivity contribution in [1.82, 2.24) is 24.5 Å². The molecule has 1 fully saturated rings. The summed E-state index contributed by atoms with van der Waals surface area (Å²) in [5.41, 5.74) is 1.35. The van der Waals surface area contributed by atoms with Gasteiger partial charge in [-0.1, -0.05) is 6.07 Å². The van der Waals surface area contributed by atoms with Gasteiger partial charge in [-0.15, -0.1) is 5.10 Å². The lowest BCUT2D eigenvalue weighted by Gasteiger charge is -2.31. The second kappa shape index (κ2) is 7.88. The Hall–Kier alpha value is -2.85. The summed E-state index contributed by atoms with van der Waals surface area (Å²) in [4.78, 5) is 0.0232. The van der Waals surface area contributed by atoms with E-state index in [1.807, 2.05) is 24.3 Å². The summed E-state index contributed by atoms with van der Waals surface area (Å²) < 4.78 is 48.2. The highest BCUT2D eigenvalue weighted by atomic mass is 32.2. The van der Waals surface area contributed by atoms with Crippen LogP contribution < -0.4 is 4.74 Å². The van der Waals surface area contributed by atoms with Crippen LogP contribution in [0.1, 0.15) is 18.4 Å². The van der Waals surface area contributed by atoms with E-state index in [0.29, 0.717) is 37.2 Å². The molecular weight excluding hydrogens is 397 g/mol. The minimum absolute atomic E-state index is 0.0232. The van der Waals surface area contributed by atoms with Gasteiger partial charge >= 0.3 is 0 Å². The first-order valence-electron chi connectivity index (χ1n) is 9.20. The van der Waals surface area contributed by atoms with Crippen LogP contribution in [0.4, 0.5) is 4.39 Å². The normalized spacial score (nSPS) is 16.1. The molecule has 29 heavy (non-hydrogen) atoms. The van der Waals surface area contributed by atoms with Gasteiger partial charge in [0.25, 0.3) is 0 Å². The molecule has 2 aromatic carbocycles. The number of halogens is 1. The summed E-state index contributed by atoms with van der Waals surface area (Å²) in [6, 6.07) is 11.2. The fourth-order valence-electron chi connectivity index (χ4n) is 3.33. The molecule has 0 atom stereocenters. The number of sulfonamides is 1. The Morgan fingerprint density at radius 3 is 2.48 bits per heavy atom. The zero-order chi connectivity index (χ0) is 20.4. The molecule has 4 rings (SSSR count). The van der Waals surface area contributed by atoms with Crippen molar-refractivity contribution in [3.8, 4) is 11.4 Å². The minimum atomic E-state index is -3.73. The molecule has 8 nitrogen and oxygen atoms in total. The van der Waals surface area contributed by atoms with E-state index in [2.05, 4.69) is 15.5 Å². The number of aryl methyl sites for hydroxylation is 1. The van der Waals surface area contributed by atoms with Crippen LogP contribution in [0.5, 0.6) is 5.75 Å². The number of nitrogens with zero attached hydrogens (tertiary/aromatic N) is 5.